The van der Waals surface area contributed by atoms with Gasteiger partial charge < -0.3 is 4.90 Å². The van der Waals surface area contributed by atoms with Crippen molar-refractivity contribution in [3.05, 3.63) is 59.2 Å². The van der Waals surface area contributed by atoms with Crippen LogP contribution in [0.1, 0.15) is 18.4 Å². The predicted molar refractivity (Wildman–Crippen MR) is 109 cm³/mol. The molecular formula is C21H21ClN6. The van der Waals surface area contributed by atoms with Crippen molar-refractivity contribution in [1.82, 2.24) is 20.0 Å². The van der Waals surface area contributed by atoms with E-state index >= 15 is 0 Å². The molecule has 0 N–H and O–H groups in total. The lowest BCUT2D eigenvalue weighted by atomic mass is 9.75. The normalized spacial score (nSPS) is 16.0. The number of hydrogen-bond donors (Lipinski definition) is 0. The van der Waals surface area contributed by atoms with E-state index in [1.165, 1.54) is 0 Å². The molecule has 0 amide bonds. The Balaban J connectivity index is 1.44. The van der Waals surface area contributed by atoms with Gasteiger partial charge in [-0.3, -0.25) is 4.68 Å². The monoisotopic (exact) mass is 392 g/mol. The van der Waals surface area contributed by atoms with Crippen LogP contribution >= 0.6 is 11.6 Å². The lowest BCUT2D eigenvalue weighted by Crippen LogP contribution is -2.41. The van der Waals surface area contributed by atoms with E-state index in [0.29, 0.717) is 6.42 Å². The third-order valence-electron chi connectivity index (χ3n) is 5.39. The van der Waals surface area contributed by atoms with Gasteiger partial charge in [-0.2, -0.15) is 10.4 Å². The van der Waals surface area contributed by atoms with E-state index in [1.54, 1.807) is 4.68 Å². The summed E-state index contributed by atoms with van der Waals surface area (Å²) >= 11 is 6.31. The molecule has 142 valence electrons. The van der Waals surface area contributed by atoms with Crippen molar-refractivity contribution in [3.63, 3.8) is 0 Å². The van der Waals surface area contributed by atoms with E-state index in [-0.39, 0.29) is 5.41 Å². The summed E-state index contributed by atoms with van der Waals surface area (Å²) in [5, 5.41) is 23.7. The summed E-state index contributed by atoms with van der Waals surface area (Å²) in [5.74, 6) is 0.837. The van der Waals surface area contributed by atoms with Crippen LogP contribution in [0, 0.1) is 16.7 Å². The van der Waals surface area contributed by atoms with Crippen LogP contribution in [0.4, 0.5) is 5.82 Å². The van der Waals surface area contributed by atoms with E-state index in [0.717, 1.165) is 53.7 Å². The molecule has 1 aliphatic heterocycles. The molecule has 0 unspecified atom stereocenters. The van der Waals surface area contributed by atoms with E-state index in [2.05, 4.69) is 26.3 Å². The van der Waals surface area contributed by atoms with E-state index in [1.807, 2.05) is 55.7 Å². The molecule has 1 fully saturated rings. The van der Waals surface area contributed by atoms with E-state index in [4.69, 9.17) is 11.6 Å². The van der Waals surface area contributed by atoms with Gasteiger partial charge in [-0.15, -0.1) is 10.2 Å². The third-order valence-corrected chi connectivity index (χ3v) is 5.76. The minimum atomic E-state index is -0.386. The number of aromatic nitrogens is 4. The van der Waals surface area contributed by atoms with Crippen LogP contribution < -0.4 is 4.90 Å². The van der Waals surface area contributed by atoms with Crippen LogP contribution in [0.3, 0.4) is 0 Å². The molecule has 0 bridgehead atoms. The van der Waals surface area contributed by atoms with Crippen LogP contribution in [0.2, 0.25) is 5.02 Å². The molecule has 0 saturated carbocycles. The number of piperidine rings is 1. The van der Waals surface area contributed by atoms with Gasteiger partial charge in [-0.1, -0.05) is 29.8 Å². The summed E-state index contributed by atoms with van der Waals surface area (Å²) in [5.41, 5.74) is 2.22. The number of nitrogens with zero attached hydrogens (tertiary/aromatic N) is 6. The number of hydrogen-bond acceptors (Lipinski definition) is 5. The quantitative estimate of drug-likeness (QED) is 0.673. The maximum atomic E-state index is 9.87. The molecule has 2 aromatic heterocycles. The fourth-order valence-corrected chi connectivity index (χ4v) is 3.88. The topological polar surface area (TPSA) is 70.6 Å². The first-order chi connectivity index (χ1) is 13.6. The van der Waals surface area contributed by atoms with Gasteiger partial charge in [0.2, 0.25) is 0 Å². The summed E-state index contributed by atoms with van der Waals surface area (Å²) < 4.78 is 1.75. The minimum absolute atomic E-state index is 0.386. The van der Waals surface area contributed by atoms with Crippen molar-refractivity contribution in [2.75, 3.05) is 18.0 Å². The fourth-order valence-electron chi connectivity index (χ4n) is 3.68. The Morgan fingerprint density at radius 2 is 1.86 bits per heavy atom. The molecule has 28 heavy (non-hydrogen) atoms. The van der Waals surface area contributed by atoms with Gasteiger partial charge >= 0.3 is 0 Å². The highest BCUT2D eigenvalue weighted by Gasteiger charge is 2.35. The first kappa shape index (κ1) is 18.5. The molecule has 3 heterocycles. The standard InChI is InChI=1S/C21H21ClN6/c1-27-11-8-19(26-27)18-6-7-20(25-24-18)28-12-9-21(15-23,10-13-28)14-16-4-2-3-5-17(16)22/h2-8,11H,9-10,12-14H2,1H3. The smallest absolute Gasteiger partial charge is 0.151 e. The van der Waals surface area contributed by atoms with Crippen molar-refractivity contribution < 1.29 is 0 Å². The molecular weight excluding hydrogens is 372 g/mol. The maximum absolute atomic E-state index is 9.87. The zero-order valence-electron chi connectivity index (χ0n) is 15.7. The van der Waals surface area contributed by atoms with Crippen molar-refractivity contribution in [2.45, 2.75) is 19.3 Å². The summed E-state index contributed by atoms with van der Waals surface area (Å²) in [6, 6.07) is 16.2. The van der Waals surface area contributed by atoms with E-state index in [9.17, 15) is 5.26 Å². The molecule has 0 aliphatic carbocycles. The number of aryl methyl sites for hydroxylation is 1. The SMILES string of the molecule is Cn1ccc(-c2ccc(N3CCC(C#N)(Cc4ccccc4Cl)CC3)nn2)n1. The van der Waals surface area contributed by atoms with Crippen LogP contribution in [0.15, 0.2) is 48.7 Å². The second kappa shape index (κ2) is 7.61. The van der Waals surface area contributed by atoms with Crippen molar-refractivity contribution in [1.29, 1.82) is 5.26 Å². The van der Waals surface area contributed by atoms with Crippen molar-refractivity contribution >= 4 is 17.4 Å². The van der Waals surface area contributed by atoms with Gasteiger partial charge in [0.1, 0.15) is 11.4 Å². The molecule has 4 rings (SSSR count). The van der Waals surface area contributed by atoms with Crippen LogP contribution in [0.5, 0.6) is 0 Å². The Morgan fingerprint density at radius 1 is 1.07 bits per heavy atom. The Morgan fingerprint density at radius 3 is 2.46 bits per heavy atom. The molecule has 6 nitrogen and oxygen atoms in total. The molecule has 1 aromatic carbocycles. The number of nitriles is 1. The zero-order chi connectivity index (χ0) is 19.6. The molecule has 1 aliphatic rings. The first-order valence-corrected chi connectivity index (χ1v) is 9.70. The number of halogens is 1. The highest BCUT2D eigenvalue weighted by atomic mass is 35.5. The minimum Gasteiger partial charge on any atom is -0.355 e. The Bertz CT molecular complexity index is 996. The largest absolute Gasteiger partial charge is 0.355 e. The summed E-state index contributed by atoms with van der Waals surface area (Å²) in [7, 11) is 1.88. The molecule has 0 spiro atoms. The lowest BCUT2D eigenvalue weighted by molar-refractivity contribution is 0.301. The lowest BCUT2D eigenvalue weighted by Gasteiger charge is -2.38. The fraction of sp³-hybridized carbons (Fsp3) is 0.333. The molecule has 7 heteroatoms. The third kappa shape index (κ3) is 3.71. The van der Waals surface area contributed by atoms with Crippen molar-refractivity contribution in [2.24, 2.45) is 12.5 Å². The average Bonchev–Trinajstić information content (AvgIpc) is 3.17. The molecule has 0 radical (unpaired) electrons. The van der Waals surface area contributed by atoms with Gasteiger partial charge in [0.15, 0.2) is 5.82 Å². The highest BCUT2D eigenvalue weighted by Crippen LogP contribution is 2.37. The predicted octanol–water partition coefficient (Wildman–Crippen LogP) is 3.88. The number of anilines is 1. The van der Waals surface area contributed by atoms with Gasteiger partial charge in [0.05, 0.1) is 11.5 Å². The Kier molecular flexibility index (Phi) is 5.01. The van der Waals surface area contributed by atoms with Crippen molar-refractivity contribution in [3.8, 4) is 17.5 Å². The second-order valence-corrected chi connectivity index (χ2v) is 7.71. The molecule has 0 atom stereocenters. The van der Waals surface area contributed by atoms with Gasteiger partial charge in [-0.05, 0) is 49.1 Å². The van der Waals surface area contributed by atoms with Crippen LogP contribution in [-0.4, -0.2) is 33.1 Å². The number of rotatable bonds is 4. The second-order valence-electron chi connectivity index (χ2n) is 7.30. The van der Waals surface area contributed by atoms with Crippen LogP contribution in [-0.2, 0) is 13.5 Å². The first-order valence-electron chi connectivity index (χ1n) is 9.32. The zero-order valence-corrected chi connectivity index (χ0v) is 16.5. The Hall–Kier alpha value is -2.91. The van der Waals surface area contributed by atoms with Gasteiger partial charge in [0, 0.05) is 31.4 Å². The van der Waals surface area contributed by atoms with E-state index < -0.39 is 0 Å². The summed E-state index contributed by atoms with van der Waals surface area (Å²) in [6.07, 6.45) is 4.12. The molecule has 3 aromatic rings. The Labute approximate surface area is 169 Å². The van der Waals surface area contributed by atoms with Crippen LogP contribution in [0.25, 0.3) is 11.4 Å². The summed E-state index contributed by atoms with van der Waals surface area (Å²) in [4.78, 5) is 2.19. The number of benzene rings is 1. The molecule has 1 saturated heterocycles. The van der Waals surface area contributed by atoms with Gasteiger partial charge in [-0.25, -0.2) is 0 Å². The van der Waals surface area contributed by atoms with Gasteiger partial charge in [0.25, 0.3) is 0 Å². The summed E-state index contributed by atoms with van der Waals surface area (Å²) in [6.45, 7) is 1.55. The maximum Gasteiger partial charge on any atom is 0.151 e. The average molecular weight is 393 g/mol. The highest BCUT2D eigenvalue weighted by molar-refractivity contribution is 6.31.